The lowest BCUT2D eigenvalue weighted by Gasteiger charge is -2.49. The number of hydrogen-bond donors (Lipinski definition) is 1. The molecule has 2 rings (SSSR count). The van der Waals surface area contributed by atoms with Crippen molar-refractivity contribution in [3.8, 4) is 0 Å². The van der Waals surface area contributed by atoms with Crippen LogP contribution in [0.3, 0.4) is 0 Å². The number of pyridine rings is 1. The molecule has 0 aromatic carbocycles. The van der Waals surface area contributed by atoms with Crippen molar-refractivity contribution in [3.05, 3.63) is 29.6 Å². The lowest BCUT2D eigenvalue weighted by Crippen LogP contribution is -2.57. The van der Waals surface area contributed by atoms with Crippen LogP contribution in [0.2, 0.25) is 0 Å². The Balaban J connectivity index is 1.89. The van der Waals surface area contributed by atoms with Crippen molar-refractivity contribution in [2.45, 2.75) is 45.2 Å². The normalized spacial score (nSPS) is 27.5. The number of alkyl halides is 1. The highest BCUT2D eigenvalue weighted by Crippen LogP contribution is 2.44. The Morgan fingerprint density at radius 1 is 1.50 bits per heavy atom. The molecule has 0 aliphatic heterocycles. The van der Waals surface area contributed by atoms with Gasteiger partial charge < -0.3 is 5.32 Å². The summed E-state index contributed by atoms with van der Waals surface area (Å²) in [6.45, 7) is 7.39. The van der Waals surface area contributed by atoms with Crippen molar-refractivity contribution in [1.29, 1.82) is 0 Å². The Morgan fingerprint density at radius 3 is 2.81 bits per heavy atom. The van der Waals surface area contributed by atoms with Gasteiger partial charge in [-0.15, -0.1) is 11.6 Å². The van der Waals surface area contributed by atoms with E-state index in [9.17, 15) is 0 Å². The summed E-state index contributed by atoms with van der Waals surface area (Å²) in [5.74, 6) is 0. The van der Waals surface area contributed by atoms with Gasteiger partial charge in [-0.05, 0) is 29.9 Å². The smallest absolute Gasteiger partial charge is 0.0416 e. The van der Waals surface area contributed by atoms with Crippen LogP contribution in [0.15, 0.2) is 18.5 Å². The van der Waals surface area contributed by atoms with Gasteiger partial charge in [0.2, 0.25) is 0 Å². The second kappa shape index (κ2) is 4.34. The molecule has 1 aliphatic rings. The molecule has 1 fully saturated rings. The van der Waals surface area contributed by atoms with Crippen LogP contribution in [0, 0.1) is 12.3 Å². The average molecular weight is 239 g/mol. The van der Waals surface area contributed by atoms with E-state index in [1.165, 1.54) is 11.1 Å². The standard InChI is InChI=1S/C13H19ClN2/c1-9-4-10(7-15-6-9)8-16-12-5-11(14)13(12,2)3/h4,6-7,11-12,16H,5,8H2,1-3H3. The maximum absolute atomic E-state index is 6.19. The zero-order valence-corrected chi connectivity index (χ0v) is 10.9. The van der Waals surface area contributed by atoms with E-state index in [0.29, 0.717) is 11.4 Å². The quantitative estimate of drug-likeness (QED) is 0.820. The van der Waals surface area contributed by atoms with Crippen LogP contribution in [-0.4, -0.2) is 16.4 Å². The molecule has 3 heteroatoms. The van der Waals surface area contributed by atoms with Gasteiger partial charge in [0.05, 0.1) is 0 Å². The van der Waals surface area contributed by atoms with Gasteiger partial charge in [0, 0.05) is 30.4 Å². The molecule has 1 aromatic rings. The third kappa shape index (κ3) is 2.23. The number of halogens is 1. The fraction of sp³-hybridized carbons (Fsp3) is 0.615. The molecule has 1 aromatic heterocycles. The van der Waals surface area contributed by atoms with Crippen molar-refractivity contribution in [3.63, 3.8) is 0 Å². The number of rotatable bonds is 3. The third-order valence-corrected chi connectivity index (χ3v) is 4.37. The van der Waals surface area contributed by atoms with E-state index in [4.69, 9.17) is 11.6 Å². The van der Waals surface area contributed by atoms with E-state index < -0.39 is 0 Å². The van der Waals surface area contributed by atoms with E-state index in [-0.39, 0.29) is 5.41 Å². The molecule has 0 spiro atoms. The van der Waals surface area contributed by atoms with Gasteiger partial charge in [-0.1, -0.05) is 19.9 Å². The lowest BCUT2D eigenvalue weighted by molar-refractivity contribution is 0.115. The topological polar surface area (TPSA) is 24.9 Å². The lowest BCUT2D eigenvalue weighted by atomic mass is 9.67. The second-order valence-corrected chi connectivity index (χ2v) is 5.86. The molecular formula is C13H19ClN2. The van der Waals surface area contributed by atoms with Gasteiger partial charge >= 0.3 is 0 Å². The largest absolute Gasteiger partial charge is 0.309 e. The van der Waals surface area contributed by atoms with Gasteiger partial charge in [0.25, 0.3) is 0 Å². The maximum Gasteiger partial charge on any atom is 0.0416 e. The maximum atomic E-state index is 6.19. The van der Waals surface area contributed by atoms with Gasteiger partial charge in [-0.25, -0.2) is 0 Å². The van der Waals surface area contributed by atoms with Gasteiger partial charge in [-0.3, -0.25) is 4.98 Å². The molecule has 0 saturated heterocycles. The molecule has 2 atom stereocenters. The number of nitrogens with zero attached hydrogens (tertiary/aromatic N) is 1. The molecule has 0 radical (unpaired) electrons. The van der Waals surface area contributed by atoms with Crippen LogP contribution in [0.25, 0.3) is 0 Å². The summed E-state index contributed by atoms with van der Waals surface area (Å²) in [6.07, 6.45) is 4.86. The van der Waals surface area contributed by atoms with E-state index >= 15 is 0 Å². The molecule has 1 N–H and O–H groups in total. The fourth-order valence-electron chi connectivity index (χ4n) is 2.17. The Hall–Kier alpha value is -0.600. The van der Waals surface area contributed by atoms with Crippen LogP contribution in [0.5, 0.6) is 0 Å². The molecule has 1 heterocycles. The highest BCUT2D eigenvalue weighted by molar-refractivity contribution is 6.21. The zero-order chi connectivity index (χ0) is 11.8. The van der Waals surface area contributed by atoms with Gasteiger partial charge in [-0.2, -0.15) is 0 Å². The van der Waals surface area contributed by atoms with E-state index in [1.54, 1.807) is 0 Å². The summed E-state index contributed by atoms with van der Waals surface area (Å²) in [6, 6.07) is 2.69. The molecular weight excluding hydrogens is 220 g/mol. The highest BCUT2D eigenvalue weighted by atomic mass is 35.5. The van der Waals surface area contributed by atoms with Crippen molar-refractivity contribution in [1.82, 2.24) is 10.3 Å². The van der Waals surface area contributed by atoms with Crippen LogP contribution in [-0.2, 0) is 6.54 Å². The molecule has 1 saturated carbocycles. The molecule has 88 valence electrons. The first-order valence-electron chi connectivity index (χ1n) is 5.78. The molecule has 16 heavy (non-hydrogen) atoms. The van der Waals surface area contributed by atoms with Crippen molar-refractivity contribution in [2.24, 2.45) is 5.41 Å². The summed E-state index contributed by atoms with van der Waals surface area (Å²) in [4.78, 5) is 4.19. The molecule has 2 unspecified atom stereocenters. The molecule has 1 aliphatic carbocycles. The summed E-state index contributed by atoms with van der Waals surface area (Å²) >= 11 is 6.19. The Bertz CT molecular complexity index is 376. The van der Waals surface area contributed by atoms with Gasteiger partial charge in [0.15, 0.2) is 0 Å². The predicted molar refractivity (Wildman–Crippen MR) is 67.6 cm³/mol. The van der Waals surface area contributed by atoms with Crippen LogP contribution >= 0.6 is 11.6 Å². The van der Waals surface area contributed by atoms with Crippen LogP contribution in [0.1, 0.15) is 31.4 Å². The SMILES string of the molecule is Cc1cncc(CNC2CC(Cl)C2(C)C)c1. The number of nitrogens with one attached hydrogen (secondary N) is 1. The number of aryl methyl sites for hydroxylation is 1. The molecule has 0 bridgehead atoms. The first kappa shape index (κ1) is 11.9. The van der Waals surface area contributed by atoms with Crippen LogP contribution < -0.4 is 5.32 Å². The Morgan fingerprint density at radius 2 is 2.25 bits per heavy atom. The monoisotopic (exact) mass is 238 g/mol. The van der Waals surface area contributed by atoms with E-state index in [1.807, 2.05) is 12.4 Å². The van der Waals surface area contributed by atoms with Crippen molar-refractivity contribution >= 4 is 11.6 Å². The number of hydrogen-bond acceptors (Lipinski definition) is 2. The predicted octanol–water partition coefficient (Wildman–Crippen LogP) is 2.89. The minimum absolute atomic E-state index is 0.207. The second-order valence-electron chi connectivity index (χ2n) is 5.33. The fourth-order valence-corrected chi connectivity index (χ4v) is 2.50. The molecule has 0 amide bonds. The van der Waals surface area contributed by atoms with Crippen molar-refractivity contribution < 1.29 is 0 Å². The summed E-state index contributed by atoms with van der Waals surface area (Å²) in [5.41, 5.74) is 2.66. The number of aromatic nitrogens is 1. The van der Waals surface area contributed by atoms with Crippen LogP contribution in [0.4, 0.5) is 0 Å². The van der Waals surface area contributed by atoms with Gasteiger partial charge in [0.1, 0.15) is 0 Å². The summed E-state index contributed by atoms with van der Waals surface area (Å²) in [5, 5.41) is 3.86. The average Bonchev–Trinajstić information content (AvgIpc) is 2.24. The van der Waals surface area contributed by atoms with Crippen molar-refractivity contribution in [2.75, 3.05) is 0 Å². The Kier molecular flexibility index (Phi) is 3.22. The first-order chi connectivity index (χ1) is 7.50. The van der Waals surface area contributed by atoms with E-state index in [0.717, 1.165) is 13.0 Å². The summed E-state index contributed by atoms with van der Waals surface area (Å²) < 4.78 is 0. The minimum Gasteiger partial charge on any atom is -0.309 e. The van der Waals surface area contributed by atoms with E-state index in [2.05, 4.69) is 37.1 Å². The summed E-state index contributed by atoms with van der Waals surface area (Å²) in [7, 11) is 0. The molecule has 2 nitrogen and oxygen atoms in total. The third-order valence-electron chi connectivity index (χ3n) is 3.63. The minimum atomic E-state index is 0.207. The first-order valence-corrected chi connectivity index (χ1v) is 6.22. The zero-order valence-electron chi connectivity index (χ0n) is 10.1. The Labute approximate surface area is 102 Å². The highest BCUT2D eigenvalue weighted by Gasteiger charge is 2.46.